The van der Waals surface area contributed by atoms with Gasteiger partial charge in [-0.15, -0.1) is 12.4 Å². The van der Waals surface area contributed by atoms with Crippen LogP contribution in [0.4, 0.5) is 0 Å². The molecule has 0 fully saturated rings. The summed E-state index contributed by atoms with van der Waals surface area (Å²) in [5.41, 5.74) is 5.84. The summed E-state index contributed by atoms with van der Waals surface area (Å²) in [5, 5.41) is 0. The second-order valence-electron chi connectivity index (χ2n) is 2.89. The van der Waals surface area contributed by atoms with Crippen molar-refractivity contribution in [1.29, 1.82) is 0 Å². The number of hydrogen-bond acceptors (Lipinski definition) is 4. The molecule has 2 N–H and O–H groups in total. The van der Waals surface area contributed by atoms with Gasteiger partial charge in [-0.3, -0.25) is 4.79 Å². The molecule has 16 heavy (non-hydrogen) atoms. The second-order valence-corrected chi connectivity index (χ2v) is 2.89. The first-order valence-electron chi connectivity index (χ1n) is 4.70. The van der Waals surface area contributed by atoms with Gasteiger partial charge in [0.25, 0.3) is 0 Å². The molecule has 0 radical (unpaired) electrons. The number of esters is 1. The lowest BCUT2D eigenvalue weighted by Crippen LogP contribution is -2.18. The van der Waals surface area contributed by atoms with Crippen LogP contribution in [0, 0.1) is 0 Å². The van der Waals surface area contributed by atoms with E-state index in [1.165, 1.54) is 0 Å². The fraction of sp³-hybridized carbons (Fsp3) is 0.273. The Morgan fingerprint density at radius 3 is 2.31 bits per heavy atom. The molecule has 4 nitrogen and oxygen atoms in total. The summed E-state index contributed by atoms with van der Waals surface area (Å²) in [6.07, 6.45) is 0. The fourth-order valence-corrected chi connectivity index (χ4v) is 1.22. The molecule has 0 aliphatic heterocycles. The van der Waals surface area contributed by atoms with Crippen molar-refractivity contribution in [3.63, 3.8) is 0 Å². The van der Waals surface area contributed by atoms with Gasteiger partial charge in [-0.05, 0) is 13.0 Å². The van der Waals surface area contributed by atoms with Crippen molar-refractivity contribution in [2.24, 2.45) is 5.73 Å². The van der Waals surface area contributed by atoms with Crippen molar-refractivity contribution < 1.29 is 14.3 Å². The van der Waals surface area contributed by atoms with E-state index in [9.17, 15) is 9.59 Å². The van der Waals surface area contributed by atoms with E-state index >= 15 is 0 Å². The lowest BCUT2D eigenvalue weighted by atomic mass is 10.0. The number of carbonyl (C=O) groups excluding carboxylic acids is 2. The van der Waals surface area contributed by atoms with E-state index in [2.05, 4.69) is 0 Å². The third-order valence-electron chi connectivity index (χ3n) is 1.91. The molecule has 0 heterocycles. The van der Waals surface area contributed by atoms with E-state index in [0.717, 1.165) is 0 Å². The van der Waals surface area contributed by atoms with Gasteiger partial charge >= 0.3 is 5.97 Å². The maximum atomic E-state index is 11.5. The maximum absolute atomic E-state index is 11.5. The number of ether oxygens (including phenoxy) is 1. The van der Waals surface area contributed by atoms with Crippen molar-refractivity contribution >= 4 is 24.2 Å². The molecule has 1 aromatic rings. The summed E-state index contributed by atoms with van der Waals surface area (Å²) in [4.78, 5) is 22.9. The normalized spacial score (nSPS) is 9.12. The lowest BCUT2D eigenvalue weighted by molar-refractivity contribution is 0.0523. The topological polar surface area (TPSA) is 69.4 Å². The van der Waals surface area contributed by atoms with Crippen LogP contribution in [0.5, 0.6) is 0 Å². The van der Waals surface area contributed by atoms with Gasteiger partial charge in [0.1, 0.15) is 0 Å². The van der Waals surface area contributed by atoms with Crippen LogP contribution in [0.15, 0.2) is 24.3 Å². The van der Waals surface area contributed by atoms with Crippen LogP contribution >= 0.6 is 12.4 Å². The molecule has 5 heteroatoms. The van der Waals surface area contributed by atoms with Gasteiger partial charge in [0, 0.05) is 5.56 Å². The molecule has 0 atom stereocenters. The van der Waals surface area contributed by atoms with Crippen LogP contribution in [0.3, 0.4) is 0 Å². The number of Topliss-reactive ketones (excluding diaryl/α,β-unsaturated/α-hetero) is 1. The van der Waals surface area contributed by atoms with Crippen molar-refractivity contribution in [3.05, 3.63) is 35.4 Å². The van der Waals surface area contributed by atoms with Crippen molar-refractivity contribution in [2.75, 3.05) is 13.2 Å². The quantitative estimate of drug-likeness (QED) is 0.642. The van der Waals surface area contributed by atoms with Gasteiger partial charge in [0.15, 0.2) is 5.78 Å². The van der Waals surface area contributed by atoms with E-state index in [4.69, 9.17) is 10.5 Å². The molecule has 1 aromatic carbocycles. The number of ketones is 1. The number of halogens is 1. The standard InChI is InChI=1S/C11H13NO3.ClH/c1-2-15-11(14)9-6-4-3-5-8(9)10(13)7-12;/h3-6H,2,7,12H2,1H3;1H. The summed E-state index contributed by atoms with van der Waals surface area (Å²) in [5.74, 6) is -0.756. The Bertz CT molecular complexity index is 379. The van der Waals surface area contributed by atoms with Crippen LogP contribution < -0.4 is 5.73 Å². The van der Waals surface area contributed by atoms with Gasteiger partial charge in [0.2, 0.25) is 0 Å². The summed E-state index contributed by atoms with van der Waals surface area (Å²) in [6, 6.07) is 6.49. The Hall–Kier alpha value is -1.39. The lowest BCUT2D eigenvalue weighted by Gasteiger charge is -2.06. The molecule has 0 amide bonds. The smallest absolute Gasteiger partial charge is 0.338 e. The number of carbonyl (C=O) groups is 2. The fourth-order valence-electron chi connectivity index (χ4n) is 1.22. The average molecular weight is 244 g/mol. The molecule has 88 valence electrons. The highest BCUT2D eigenvalue weighted by Gasteiger charge is 2.15. The van der Waals surface area contributed by atoms with Crippen LogP contribution in [0.1, 0.15) is 27.6 Å². The Morgan fingerprint density at radius 2 is 1.81 bits per heavy atom. The van der Waals surface area contributed by atoms with Crippen molar-refractivity contribution in [1.82, 2.24) is 0 Å². The molecule has 1 rings (SSSR count). The molecule has 0 saturated heterocycles. The second kappa shape index (κ2) is 6.98. The number of rotatable bonds is 4. The highest BCUT2D eigenvalue weighted by molar-refractivity contribution is 6.07. The predicted molar refractivity (Wildman–Crippen MR) is 63.0 cm³/mol. The highest BCUT2D eigenvalue weighted by atomic mass is 35.5. The molecule has 0 aliphatic rings. The van der Waals surface area contributed by atoms with Crippen LogP contribution in [0.2, 0.25) is 0 Å². The van der Waals surface area contributed by atoms with Crippen LogP contribution in [-0.4, -0.2) is 24.9 Å². The van der Waals surface area contributed by atoms with Crippen molar-refractivity contribution in [3.8, 4) is 0 Å². The minimum absolute atomic E-state index is 0. The average Bonchev–Trinajstić information content (AvgIpc) is 2.28. The van der Waals surface area contributed by atoms with E-state index in [0.29, 0.717) is 5.56 Å². The van der Waals surface area contributed by atoms with Gasteiger partial charge < -0.3 is 10.5 Å². The summed E-state index contributed by atoms with van der Waals surface area (Å²) >= 11 is 0. The maximum Gasteiger partial charge on any atom is 0.338 e. The Kier molecular flexibility index (Phi) is 6.37. The first-order chi connectivity index (χ1) is 7.20. The molecule has 0 unspecified atom stereocenters. The van der Waals surface area contributed by atoms with Crippen LogP contribution in [-0.2, 0) is 4.74 Å². The summed E-state index contributed by atoms with van der Waals surface area (Å²) in [7, 11) is 0. The molecule has 0 aromatic heterocycles. The third kappa shape index (κ3) is 3.32. The molecule has 0 saturated carbocycles. The van der Waals surface area contributed by atoms with Gasteiger partial charge in [-0.2, -0.15) is 0 Å². The summed E-state index contributed by atoms with van der Waals surface area (Å²) in [6.45, 7) is 1.88. The number of nitrogens with two attached hydrogens (primary N) is 1. The predicted octanol–water partition coefficient (Wildman–Crippen LogP) is 1.43. The third-order valence-corrected chi connectivity index (χ3v) is 1.91. The minimum atomic E-state index is -0.491. The molecule has 0 aliphatic carbocycles. The zero-order valence-electron chi connectivity index (χ0n) is 8.93. The van der Waals surface area contributed by atoms with Crippen LogP contribution in [0.25, 0.3) is 0 Å². The SMILES string of the molecule is CCOC(=O)c1ccccc1C(=O)CN.Cl. The molecular weight excluding hydrogens is 230 g/mol. The van der Waals surface area contributed by atoms with E-state index in [1.807, 2.05) is 0 Å². The van der Waals surface area contributed by atoms with Gasteiger partial charge in [-0.25, -0.2) is 4.79 Å². The molecule has 0 spiro atoms. The minimum Gasteiger partial charge on any atom is -0.462 e. The van der Waals surface area contributed by atoms with Gasteiger partial charge in [0.05, 0.1) is 18.7 Å². The highest BCUT2D eigenvalue weighted by Crippen LogP contribution is 2.10. The number of hydrogen-bond donors (Lipinski definition) is 1. The number of benzene rings is 1. The summed E-state index contributed by atoms with van der Waals surface area (Å²) < 4.78 is 4.83. The first-order valence-corrected chi connectivity index (χ1v) is 4.70. The largest absolute Gasteiger partial charge is 0.462 e. The monoisotopic (exact) mass is 243 g/mol. The molecule has 0 bridgehead atoms. The Labute approximate surface area is 100 Å². The van der Waals surface area contributed by atoms with Crippen molar-refractivity contribution in [2.45, 2.75) is 6.92 Å². The zero-order valence-corrected chi connectivity index (χ0v) is 9.75. The zero-order chi connectivity index (χ0) is 11.3. The molecular formula is C11H14ClNO3. The van der Waals surface area contributed by atoms with E-state index < -0.39 is 5.97 Å². The van der Waals surface area contributed by atoms with E-state index in [-0.39, 0.29) is 36.9 Å². The van der Waals surface area contributed by atoms with Gasteiger partial charge in [-0.1, -0.05) is 18.2 Å². The van der Waals surface area contributed by atoms with E-state index in [1.54, 1.807) is 31.2 Å². The Morgan fingerprint density at radius 1 is 1.25 bits per heavy atom. The first kappa shape index (κ1) is 14.6. The Balaban J connectivity index is 0.00000225.